The number of carboxylic acid groups (broad SMARTS) is 1. The second-order valence-electron chi connectivity index (χ2n) is 7.76. The molecular formula is C29H24O6. The van der Waals surface area contributed by atoms with Gasteiger partial charge in [-0.25, -0.2) is 9.59 Å². The van der Waals surface area contributed by atoms with E-state index in [2.05, 4.69) is 0 Å². The lowest BCUT2D eigenvalue weighted by Gasteiger charge is -2.16. The lowest BCUT2D eigenvalue weighted by atomic mass is 10.1. The molecule has 176 valence electrons. The molecular weight excluding hydrogens is 444 g/mol. The quantitative estimate of drug-likeness (QED) is 0.292. The summed E-state index contributed by atoms with van der Waals surface area (Å²) in [6.07, 6.45) is 0. The molecule has 1 N–H and O–H groups in total. The van der Waals surface area contributed by atoms with E-state index in [1.807, 2.05) is 91.0 Å². The molecule has 0 bridgehead atoms. The molecule has 0 saturated carbocycles. The number of esters is 1. The number of carbonyl (C=O) groups excluding carboxylic acids is 1. The molecule has 6 heteroatoms. The third-order valence-corrected chi connectivity index (χ3v) is 5.22. The van der Waals surface area contributed by atoms with Gasteiger partial charge in [0.1, 0.15) is 42.4 Å². The van der Waals surface area contributed by atoms with Gasteiger partial charge >= 0.3 is 11.9 Å². The van der Waals surface area contributed by atoms with Crippen molar-refractivity contribution in [2.24, 2.45) is 0 Å². The minimum atomic E-state index is -1.19. The molecule has 0 spiro atoms. The summed E-state index contributed by atoms with van der Waals surface area (Å²) in [5.74, 6) is -1.67. The van der Waals surface area contributed by atoms with E-state index in [1.54, 1.807) is 0 Å². The normalized spacial score (nSPS) is 10.4. The van der Waals surface area contributed by atoms with Gasteiger partial charge in [0.05, 0.1) is 0 Å². The molecule has 4 aromatic carbocycles. The molecule has 6 nitrogen and oxygen atoms in total. The molecule has 0 atom stereocenters. The van der Waals surface area contributed by atoms with Crippen molar-refractivity contribution in [3.05, 3.63) is 131 Å². The van der Waals surface area contributed by atoms with E-state index in [1.165, 1.54) is 12.1 Å². The summed E-state index contributed by atoms with van der Waals surface area (Å²) in [6, 6.07) is 30.7. The van der Waals surface area contributed by atoms with Gasteiger partial charge in [0.25, 0.3) is 0 Å². The molecule has 4 aromatic rings. The molecule has 0 aromatic heterocycles. The highest BCUT2D eigenvalue weighted by molar-refractivity contribution is 5.98. The van der Waals surface area contributed by atoms with Crippen LogP contribution in [0.2, 0.25) is 0 Å². The van der Waals surface area contributed by atoms with E-state index >= 15 is 0 Å². The smallest absolute Gasteiger partial charge is 0.342 e. The van der Waals surface area contributed by atoms with Gasteiger partial charge in [-0.15, -0.1) is 0 Å². The Labute approximate surface area is 203 Å². The zero-order valence-corrected chi connectivity index (χ0v) is 18.9. The molecule has 35 heavy (non-hydrogen) atoms. The minimum Gasteiger partial charge on any atom is -0.488 e. The fraction of sp³-hybridized carbons (Fsp3) is 0.103. The van der Waals surface area contributed by atoms with Crippen molar-refractivity contribution in [2.75, 3.05) is 0 Å². The molecule has 4 rings (SSSR count). The van der Waals surface area contributed by atoms with Crippen LogP contribution in [0, 0.1) is 0 Å². The number of benzene rings is 4. The standard InChI is InChI=1S/C29H24O6/c30-28(31)24-16-27(34-19-22-12-6-2-7-13-22)25(29(32)35-20-23-14-8-3-9-15-23)17-26(24)33-18-21-10-4-1-5-11-21/h1-17H,18-20H2,(H,30,31). The summed E-state index contributed by atoms with van der Waals surface area (Å²) in [7, 11) is 0. The summed E-state index contributed by atoms with van der Waals surface area (Å²) >= 11 is 0. The van der Waals surface area contributed by atoms with Crippen molar-refractivity contribution in [2.45, 2.75) is 19.8 Å². The van der Waals surface area contributed by atoms with Crippen LogP contribution in [0.25, 0.3) is 0 Å². The van der Waals surface area contributed by atoms with Gasteiger partial charge in [-0.3, -0.25) is 0 Å². The van der Waals surface area contributed by atoms with E-state index in [-0.39, 0.29) is 42.4 Å². The predicted molar refractivity (Wildman–Crippen MR) is 131 cm³/mol. The average Bonchev–Trinajstić information content (AvgIpc) is 2.91. The van der Waals surface area contributed by atoms with E-state index < -0.39 is 11.9 Å². The van der Waals surface area contributed by atoms with Crippen molar-refractivity contribution < 1.29 is 28.9 Å². The van der Waals surface area contributed by atoms with Crippen molar-refractivity contribution in [3.8, 4) is 11.5 Å². The van der Waals surface area contributed by atoms with Gasteiger partial charge in [0.2, 0.25) is 0 Å². The average molecular weight is 469 g/mol. The van der Waals surface area contributed by atoms with Gasteiger partial charge in [0.15, 0.2) is 0 Å². The van der Waals surface area contributed by atoms with E-state index in [0.29, 0.717) is 0 Å². The summed E-state index contributed by atoms with van der Waals surface area (Å²) in [5.41, 5.74) is 2.54. The number of carboxylic acids is 1. The monoisotopic (exact) mass is 468 g/mol. The first-order valence-electron chi connectivity index (χ1n) is 11.1. The van der Waals surface area contributed by atoms with Crippen LogP contribution in [0.5, 0.6) is 11.5 Å². The number of rotatable bonds is 10. The summed E-state index contributed by atoms with van der Waals surface area (Å²) in [4.78, 5) is 25.1. The molecule has 0 heterocycles. The summed E-state index contributed by atoms with van der Waals surface area (Å²) < 4.78 is 17.2. The number of ether oxygens (including phenoxy) is 3. The lowest BCUT2D eigenvalue weighted by Crippen LogP contribution is -2.12. The first kappa shape index (κ1) is 23.6. The van der Waals surface area contributed by atoms with Crippen LogP contribution in [0.15, 0.2) is 103 Å². The van der Waals surface area contributed by atoms with Gasteiger partial charge in [0, 0.05) is 0 Å². The highest BCUT2D eigenvalue weighted by Crippen LogP contribution is 2.31. The number of aromatic carboxylic acids is 1. The Bertz CT molecular complexity index is 1270. The zero-order chi connectivity index (χ0) is 24.5. The Morgan fingerprint density at radius 2 is 0.971 bits per heavy atom. The maximum atomic E-state index is 13.1. The van der Waals surface area contributed by atoms with Gasteiger partial charge in [-0.2, -0.15) is 0 Å². The largest absolute Gasteiger partial charge is 0.488 e. The lowest BCUT2D eigenvalue weighted by molar-refractivity contribution is 0.0465. The van der Waals surface area contributed by atoms with Crippen LogP contribution < -0.4 is 9.47 Å². The summed E-state index contributed by atoms with van der Waals surface area (Å²) in [5, 5.41) is 9.80. The Balaban J connectivity index is 1.63. The molecule has 0 fully saturated rings. The first-order chi connectivity index (χ1) is 17.1. The van der Waals surface area contributed by atoms with Crippen LogP contribution in [0.1, 0.15) is 37.4 Å². The minimum absolute atomic E-state index is 0.0556. The number of hydrogen-bond acceptors (Lipinski definition) is 5. The maximum Gasteiger partial charge on any atom is 0.342 e. The molecule has 0 aliphatic carbocycles. The van der Waals surface area contributed by atoms with E-state index in [0.717, 1.165) is 16.7 Å². The van der Waals surface area contributed by atoms with Crippen LogP contribution in [0.4, 0.5) is 0 Å². The highest BCUT2D eigenvalue weighted by Gasteiger charge is 2.23. The Hall–Kier alpha value is -4.58. The Morgan fingerprint density at radius 3 is 1.43 bits per heavy atom. The van der Waals surface area contributed by atoms with Crippen LogP contribution >= 0.6 is 0 Å². The van der Waals surface area contributed by atoms with Crippen molar-refractivity contribution in [1.29, 1.82) is 0 Å². The van der Waals surface area contributed by atoms with Gasteiger partial charge in [-0.1, -0.05) is 91.0 Å². The third kappa shape index (κ3) is 6.48. The molecule has 0 aliphatic rings. The molecule has 0 amide bonds. The fourth-order valence-electron chi connectivity index (χ4n) is 3.40. The fourth-order valence-corrected chi connectivity index (χ4v) is 3.40. The SMILES string of the molecule is O=C(O)c1cc(OCc2ccccc2)c(C(=O)OCc2ccccc2)cc1OCc1ccccc1. The van der Waals surface area contributed by atoms with Crippen LogP contribution in [-0.2, 0) is 24.6 Å². The van der Waals surface area contributed by atoms with E-state index in [9.17, 15) is 14.7 Å². The number of carbonyl (C=O) groups is 2. The topological polar surface area (TPSA) is 82.1 Å². The molecule has 0 unspecified atom stereocenters. The van der Waals surface area contributed by atoms with Gasteiger partial charge < -0.3 is 19.3 Å². The second-order valence-corrected chi connectivity index (χ2v) is 7.76. The number of hydrogen-bond donors (Lipinski definition) is 1. The molecule has 0 aliphatic heterocycles. The van der Waals surface area contributed by atoms with Crippen molar-refractivity contribution in [3.63, 3.8) is 0 Å². The highest BCUT2D eigenvalue weighted by atomic mass is 16.5. The maximum absolute atomic E-state index is 13.1. The Morgan fingerprint density at radius 1 is 0.571 bits per heavy atom. The Kier molecular flexibility index (Phi) is 7.76. The molecule has 0 radical (unpaired) electrons. The van der Waals surface area contributed by atoms with Crippen molar-refractivity contribution in [1.82, 2.24) is 0 Å². The van der Waals surface area contributed by atoms with Crippen LogP contribution in [-0.4, -0.2) is 17.0 Å². The van der Waals surface area contributed by atoms with Gasteiger partial charge in [-0.05, 0) is 28.8 Å². The predicted octanol–water partition coefficient (Wildman–Crippen LogP) is 5.90. The molecule has 0 saturated heterocycles. The van der Waals surface area contributed by atoms with E-state index in [4.69, 9.17) is 14.2 Å². The zero-order valence-electron chi connectivity index (χ0n) is 18.9. The van der Waals surface area contributed by atoms with Crippen LogP contribution in [0.3, 0.4) is 0 Å². The van der Waals surface area contributed by atoms with Crippen molar-refractivity contribution >= 4 is 11.9 Å². The third-order valence-electron chi connectivity index (χ3n) is 5.22. The first-order valence-corrected chi connectivity index (χ1v) is 11.1. The second kappa shape index (κ2) is 11.5. The summed E-state index contributed by atoms with van der Waals surface area (Å²) in [6.45, 7) is 0.367.